The fourth-order valence-corrected chi connectivity index (χ4v) is 9.67. The first kappa shape index (κ1) is 27.3. The predicted octanol–water partition coefficient (Wildman–Crippen LogP) is 2.63. The van der Waals surface area contributed by atoms with Crippen LogP contribution in [0.1, 0.15) is 84.0 Å². The van der Waals surface area contributed by atoms with Gasteiger partial charge in [0.05, 0.1) is 23.4 Å². The molecule has 5 aliphatic rings. The van der Waals surface area contributed by atoms with Gasteiger partial charge >= 0.3 is 0 Å². The molecule has 2 saturated heterocycles. The van der Waals surface area contributed by atoms with Gasteiger partial charge in [0, 0.05) is 33.8 Å². The van der Waals surface area contributed by atoms with Crippen LogP contribution in [0.2, 0.25) is 0 Å². The van der Waals surface area contributed by atoms with Crippen molar-refractivity contribution < 1.29 is 35.0 Å². The van der Waals surface area contributed by atoms with Crippen LogP contribution < -0.4 is 0 Å². The number of aliphatic hydroxyl groups excluding tert-OH is 2. The molecule has 220 valence electrons. The van der Waals surface area contributed by atoms with Crippen LogP contribution in [0.3, 0.4) is 0 Å². The van der Waals surface area contributed by atoms with Crippen molar-refractivity contribution in [3.63, 3.8) is 0 Å². The lowest BCUT2D eigenvalue weighted by Crippen LogP contribution is -2.76. The minimum atomic E-state index is -1.23. The van der Waals surface area contributed by atoms with Gasteiger partial charge in [0.15, 0.2) is 5.60 Å². The Hall–Kier alpha value is -1.52. The Morgan fingerprint density at radius 3 is 2.50 bits per heavy atom. The SMILES string of the molecule is CC(C)(O)C(O)Cc1ccc2c3c([nH]c2c1)[C@@]1(C)[C@@H](CC[C@@]2(O)[C@@]45O[C@@H]4[C@H](O)[C@@H](C(C)(C)O)O[C@H]5CC[C@@]21C)C3. The van der Waals surface area contributed by atoms with Gasteiger partial charge < -0.3 is 40.0 Å². The third-order valence-corrected chi connectivity index (χ3v) is 12.3. The molecule has 6 N–H and O–H groups in total. The average Bonchev–Trinajstić information content (AvgIpc) is 3.44. The number of hydrogen-bond donors (Lipinski definition) is 6. The first-order chi connectivity index (χ1) is 18.5. The summed E-state index contributed by atoms with van der Waals surface area (Å²) in [6.45, 7) is 11.1. The van der Waals surface area contributed by atoms with E-state index in [9.17, 15) is 25.5 Å². The van der Waals surface area contributed by atoms with E-state index in [0.29, 0.717) is 25.2 Å². The average molecular weight is 556 g/mol. The minimum Gasteiger partial charge on any atom is -0.390 e. The van der Waals surface area contributed by atoms with E-state index >= 15 is 0 Å². The van der Waals surface area contributed by atoms with Crippen LogP contribution in [-0.2, 0) is 27.7 Å². The number of benzene rings is 1. The molecule has 40 heavy (non-hydrogen) atoms. The van der Waals surface area contributed by atoms with Gasteiger partial charge in [-0.25, -0.2) is 0 Å². The van der Waals surface area contributed by atoms with Gasteiger partial charge in [0.1, 0.15) is 23.9 Å². The molecular weight excluding hydrogens is 510 g/mol. The molecule has 2 aliphatic heterocycles. The molecule has 2 saturated carbocycles. The molecule has 10 atom stereocenters. The summed E-state index contributed by atoms with van der Waals surface area (Å²) in [6, 6.07) is 6.25. The van der Waals surface area contributed by atoms with Gasteiger partial charge in [-0.3, -0.25) is 0 Å². The summed E-state index contributed by atoms with van der Waals surface area (Å²) in [5.41, 5.74) is -1.03. The Bertz CT molecular complexity index is 1370. The van der Waals surface area contributed by atoms with Crippen molar-refractivity contribution in [3.05, 3.63) is 35.0 Å². The Balaban J connectivity index is 1.28. The molecule has 3 aliphatic carbocycles. The monoisotopic (exact) mass is 555 g/mol. The smallest absolute Gasteiger partial charge is 0.152 e. The Labute approximate surface area is 235 Å². The van der Waals surface area contributed by atoms with E-state index < -0.39 is 52.2 Å². The van der Waals surface area contributed by atoms with Crippen molar-refractivity contribution in [1.82, 2.24) is 4.98 Å². The van der Waals surface area contributed by atoms with Crippen molar-refractivity contribution in [2.45, 2.75) is 138 Å². The highest BCUT2D eigenvalue weighted by Crippen LogP contribution is 2.74. The maximum atomic E-state index is 12.8. The summed E-state index contributed by atoms with van der Waals surface area (Å²) in [6.07, 6.45) is 0.541. The van der Waals surface area contributed by atoms with E-state index in [1.165, 1.54) is 16.6 Å². The molecule has 1 spiro atoms. The number of hydrogen-bond acceptors (Lipinski definition) is 7. The van der Waals surface area contributed by atoms with Gasteiger partial charge in [-0.2, -0.15) is 0 Å². The van der Waals surface area contributed by atoms with Crippen LogP contribution in [0.25, 0.3) is 10.9 Å². The van der Waals surface area contributed by atoms with Crippen LogP contribution in [0.4, 0.5) is 0 Å². The molecule has 1 aromatic heterocycles. The molecule has 0 radical (unpaired) electrons. The maximum Gasteiger partial charge on any atom is 0.152 e. The molecule has 0 amide bonds. The highest BCUT2D eigenvalue weighted by Gasteiger charge is 2.86. The van der Waals surface area contributed by atoms with Crippen molar-refractivity contribution >= 4 is 10.9 Å². The number of H-pyrrole nitrogens is 1. The quantitative estimate of drug-likeness (QED) is 0.319. The predicted molar refractivity (Wildman–Crippen MR) is 149 cm³/mol. The third-order valence-electron chi connectivity index (χ3n) is 12.3. The Morgan fingerprint density at radius 2 is 1.82 bits per heavy atom. The topological polar surface area (TPSA) is 139 Å². The number of ether oxygens (including phenoxy) is 2. The highest BCUT2D eigenvalue weighted by atomic mass is 16.7. The molecule has 8 heteroatoms. The van der Waals surface area contributed by atoms with Crippen LogP contribution in [0, 0.1) is 11.3 Å². The molecule has 1 aromatic carbocycles. The summed E-state index contributed by atoms with van der Waals surface area (Å²) in [7, 11) is 0. The standard InChI is InChI=1S/C32H45NO7/c1-27(2,36)21(34)14-16-7-8-18-19-15-17-9-12-31(38)29(5,30(17,6)24(19)33-20(18)13-16)11-10-22-32(31)26(40-32)23(35)25(39-22)28(3,4)37/h7-8,13,17,21-23,25-26,33-38H,9-12,14-15H2,1-6H3/t17-,21?,22-,23+,25-,26+,29+,30+,31-,32-/m0/s1. The summed E-state index contributed by atoms with van der Waals surface area (Å²) < 4.78 is 12.7. The zero-order chi connectivity index (χ0) is 28.8. The van der Waals surface area contributed by atoms with Crippen LogP contribution >= 0.6 is 0 Å². The largest absolute Gasteiger partial charge is 0.390 e. The van der Waals surface area contributed by atoms with Crippen molar-refractivity contribution in [2.75, 3.05) is 0 Å². The zero-order valence-corrected chi connectivity index (χ0v) is 24.5. The Kier molecular flexibility index (Phi) is 5.39. The number of nitrogens with one attached hydrogen (secondary N) is 1. The molecule has 4 fully saturated rings. The number of aromatic nitrogens is 1. The fourth-order valence-electron chi connectivity index (χ4n) is 9.67. The van der Waals surface area contributed by atoms with Gasteiger partial charge in [0.25, 0.3) is 0 Å². The van der Waals surface area contributed by atoms with E-state index in [0.717, 1.165) is 30.3 Å². The summed E-state index contributed by atoms with van der Waals surface area (Å²) in [4.78, 5) is 3.77. The minimum absolute atomic E-state index is 0.352. The van der Waals surface area contributed by atoms with Gasteiger partial charge in [-0.05, 0) is 82.9 Å². The molecule has 8 nitrogen and oxygen atoms in total. The van der Waals surface area contributed by atoms with E-state index in [1.54, 1.807) is 27.7 Å². The van der Waals surface area contributed by atoms with Gasteiger partial charge in [0.2, 0.25) is 0 Å². The zero-order valence-electron chi connectivity index (χ0n) is 24.5. The molecule has 1 unspecified atom stereocenters. The number of epoxide rings is 1. The lowest BCUT2D eigenvalue weighted by Gasteiger charge is -2.66. The second-order valence-corrected chi connectivity index (χ2v) is 15.1. The lowest BCUT2D eigenvalue weighted by atomic mass is 9.40. The first-order valence-corrected chi connectivity index (χ1v) is 15.0. The molecule has 0 bridgehead atoms. The second kappa shape index (κ2) is 7.90. The van der Waals surface area contributed by atoms with Crippen LogP contribution in [-0.4, -0.2) is 83.4 Å². The highest BCUT2D eigenvalue weighted by molar-refractivity contribution is 5.87. The lowest BCUT2D eigenvalue weighted by molar-refractivity contribution is -0.280. The van der Waals surface area contributed by atoms with Gasteiger partial charge in [-0.1, -0.05) is 26.0 Å². The van der Waals surface area contributed by atoms with Crippen molar-refractivity contribution in [2.24, 2.45) is 11.3 Å². The third kappa shape index (κ3) is 3.11. The first-order valence-electron chi connectivity index (χ1n) is 15.0. The Morgan fingerprint density at radius 1 is 1.10 bits per heavy atom. The maximum absolute atomic E-state index is 12.8. The number of fused-ring (bicyclic) bond motifs is 7. The van der Waals surface area contributed by atoms with Crippen molar-refractivity contribution in [3.8, 4) is 0 Å². The van der Waals surface area contributed by atoms with E-state index in [2.05, 4.69) is 31.0 Å². The fraction of sp³-hybridized carbons (Fsp3) is 0.750. The van der Waals surface area contributed by atoms with Crippen LogP contribution in [0.5, 0.6) is 0 Å². The normalized spacial score (nSPS) is 44.8. The summed E-state index contributed by atoms with van der Waals surface area (Å²) >= 11 is 0. The second-order valence-electron chi connectivity index (χ2n) is 15.1. The van der Waals surface area contributed by atoms with Crippen LogP contribution in [0.15, 0.2) is 18.2 Å². The molecular formula is C32H45NO7. The molecule has 7 rings (SSSR count). The number of aliphatic hydroxyl groups is 5. The van der Waals surface area contributed by atoms with Gasteiger partial charge in [-0.15, -0.1) is 0 Å². The number of aromatic amines is 1. The molecule has 3 heterocycles. The van der Waals surface area contributed by atoms with Crippen molar-refractivity contribution in [1.29, 1.82) is 0 Å². The molecule has 2 aromatic rings. The summed E-state index contributed by atoms with van der Waals surface area (Å²) in [5, 5.41) is 56.6. The number of rotatable bonds is 4. The summed E-state index contributed by atoms with van der Waals surface area (Å²) in [5.74, 6) is 0.365. The van der Waals surface area contributed by atoms with E-state index in [4.69, 9.17) is 9.47 Å². The van der Waals surface area contributed by atoms with E-state index in [-0.39, 0.29) is 11.5 Å². The van der Waals surface area contributed by atoms with E-state index in [1.807, 2.05) is 6.07 Å².